The van der Waals surface area contributed by atoms with Gasteiger partial charge in [0.25, 0.3) is 11.5 Å². The van der Waals surface area contributed by atoms with Crippen LogP contribution in [0.3, 0.4) is 0 Å². The monoisotopic (exact) mass is 485 g/mol. The van der Waals surface area contributed by atoms with Crippen molar-refractivity contribution in [3.05, 3.63) is 99.7 Å². The van der Waals surface area contributed by atoms with Crippen molar-refractivity contribution in [2.45, 2.75) is 18.9 Å². The summed E-state index contributed by atoms with van der Waals surface area (Å²) in [6.07, 6.45) is 4.90. The Morgan fingerprint density at radius 2 is 1.97 bits per heavy atom. The van der Waals surface area contributed by atoms with Crippen LogP contribution in [0.2, 0.25) is 5.02 Å². The second kappa shape index (κ2) is 8.25. The highest BCUT2D eigenvalue weighted by atomic mass is 35.5. The molecule has 0 radical (unpaired) electrons. The first kappa shape index (κ1) is 21.4. The normalized spacial score (nSPS) is 15.8. The fourth-order valence-corrected chi connectivity index (χ4v) is 5.32. The first-order valence-corrected chi connectivity index (χ1v) is 11.8. The van der Waals surface area contributed by atoms with Crippen LogP contribution in [0.1, 0.15) is 34.9 Å². The van der Waals surface area contributed by atoms with Crippen molar-refractivity contribution in [1.82, 2.24) is 19.5 Å². The molecule has 1 saturated heterocycles. The number of anilines is 1. The molecule has 0 aliphatic carbocycles. The van der Waals surface area contributed by atoms with Gasteiger partial charge in [-0.15, -0.1) is 4.52 Å². The van der Waals surface area contributed by atoms with E-state index in [1.54, 1.807) is 38.5 Å². The molecule has 6 rings (SSSR count). The summed E-state index contributed by atoms with van der Waals surface area (Å²) in [5.41, 5.74) is 8.25. The van der Waals surface area contributed by atoms with Gasteiger partial charge in [0.05, 0.1) is 16.5 Å². The van der Waals surface area contributed by atoms with E-state index in [9.17, 15) is 9.59 Å². The first-order chi connectivity index (χ1) is 17.0. The molecule has 3 N–H and O–H groups in total. The lowest BCUT2D eigenvalue weighted by molar-refractivity contribution is -0.577. The lowest BCUT2D eigenvalue weighted by Crippen LogP contribution is -2.35. The van der Waals surface area contributed by atoms with E-state index >= 15 is 0 Å². The highest BCUT2D eigenvalue weighted by Crippen LogP contribution is 2.36. The fourth-order valence-electron chi connectivity index (χ4n) is 5.05. The predicted octanol–water partition coefficient (Wildman–Crippen LogP) is 3.67. The average molecular weight is 486 g/mol. The zero-order chi connectivity index (χ0) is 24.1. The molecular formula is C26H22ClN6O2+. The Bertz CT molecular complexity index is 1660. The van der Waals surface area contributed by atoms with Gasteiger partial charge in [-0.2, -0.15) is 0 Å². The molecule has 9 heteroatoms. The van der Waals surface area contributed by atoms with Gasteiger partial charge < -0.3 is 10.6 Å². The number of nitrogens with two attached hydrogens (primary N) is 1. The maximum absolute atomic E-state index is 13.8. The van der Waals surface area contributed by atoms with Gasteiger partial charge in [0, 0.05) is 24.0 Å². The fraction of sp³-hybridized carbons (Fsp3) is 0.154. The van der Waals surface area contributed by atoms with E-state index in [1.807, 2.05) is 48.5 Å². The highest BCUT2D eigenvalue weighted by Gasteiger charge is 2.37. The predicted molar refractivity (Wildman–Crippen MR) is 134 cm³/mol. The molecule has 1 aliphatic rings. The maximum Gasteiger partial charge on any atom is 0.363 e. The van der Waals surface area contributed by atoms with Crippen molar-refractivity contribution >= 4 is 39.7 Å². The van der Waals surface area contributed by atoms with Crippen LogP contribution in [0.5, 0.6) is 0 Å². The number of likely N-dealkylation sites (tertiary alicyclic amines) is 1. The SMILES string of the molecule is Nc1[nH][n+]2cccnc2c1C(=O)N1CCCC1c1cc2cccc(Cl)c2c(=O)n1-c1ccccc1. The number of H-pyrrole nitrogens is 1. The van der Waals surface area contributed by atoms with Crippen LogP contribution >= 0.6 is 11.6 Å². The molecule has 4 heterocycles. The van der Waals surface area contributed by atoms with Crippen LogP contribution in [0.4, 0.5) is 5.82 Å². The molecule has 174 valence electrons. The summed E-state index contributed by atoms with van der Waals surface area (Å²) in [5, 5.41) is 4.58. The standard InChI is InChI=1S/C26H21ClN6O2/c27-18-10-4-7-16-15-20(33(26(35)21(16)18)17-8-2-1-3-9-17)19-11-5-13-31(19)25(34)22-23(28)30-32-14-6-12-29-24(22)32/h1-4,6-10,12,14-15,19H,5,11,13H2,(H2,28,30)/p+1. The van der Waals surface area contributed by atoms with E-state index < -0.39 is 0 Å². The Kier molecular flexibility index (Phi) is 5.04. The number of nitrogen functional groups attached to an aromatic ring is 1. The average Bonchev–Trinajstić information content (AvgIpc) is 3.48. The molecule has 8 nitrogen and oxygen atoms in total. The van der Waals surface area contributed by atoms with Crippen LogP contribution in [0, 0.1) is 0 Å². The molecule has 35 heavy (non-hydrogen) atoms. The molecule has 0 spiro atoms. The molecule has 0 bridgehead atoms. The summed E-state index contributed by atoms with van der Waals surface area (Å²) in [7, 11) is 0. The minimum absolute atomic E-state index is 0.211. The zero-order valence-electron chi connectivity index (χ0n) is 18.7. The summed E-state index contributed by atoms with van der Waals surface area (Å²) >= 11 is 6.45. The molecule has 5 aromatic rings. The van der Waals surface area contributed by atoms with Gasteiger partial charge in [-0.05, 0) is 47.5 Å². The second-order valence-corrected chi connectivity index (χ2v) is 9.03. The number of halogens is 1. The summed E-state index contributed by atoms with van der Waals surface area (Å²) in [6, 6.07) is 18.3. The molecule has 3 aromatic heterocycles. The summed E-state index contributed by atoms with van der Waals surface area (Å²) in [5.74, 6) is 0.0331. The summed E-state index contributed by atoms with van der Waals surface area (Å²) in [6.45, 7) is 0.545. The van der Waals surface area contributed by atoms with E-state index in [0.29, 0.717) is 34.6 Å². The number of aromatic amines is 1. The zero-order valence-corrected chi connectivity index (χ0v) is 19.4. The quantitative estimate of drug-likeness (QED) is 0.381. The van der Waals surface area contributed by atoms with Crippen molar-refractivity contribution < 1.29 is 9.31 Å². The third kappa shape index (κ3) is 3.37. The number of para-hydroxylation sites is 1. The van der Waals surface area contributed by atoms with E-state index in [0.717, 1.165) is 23.2 Å². The number of rotatable bonds is 3. The van der Waals surface area contributed by atoms with Crippen LogP contribution in [0.15, 0.2) is 77.9 Å². The number of carbonyl (C=O) groups excluding carboxylic acids is 1. The largest absolute Gasteiger partial charge is 0.382 e. The van der Waals surface area contributed by atoms with Gasteiger partial charge in [-0.1, -0.05) is 41.9 Å². The molecule has 1 aliphatic heterocycles. The molecule has 1 amide bonds. The third-order valence-corrected chi connectivity index (χ3v) is 6.90. The van der Waals surface area contributed by atoms with Crippen molar-refractivity contribution in [3.8, 4) is 5.69 Å². The lowest BCUT2D eigenvalue weighted by atomic mass is 10.0. The van der Waals surface area contributed by atoms with Crippen molar-refractivity contribution in [3.63, 3.8) is 0 Å². The van der Waals surface area contributed by atoms with Gasteiger partial charge in [0.2, 0.25) is 0 Å². The molecular weight excluding hydrogens is 464 g/mol. The van der Waals surface area contributed by atoms with Gasteiger partial charge >= 0.3 is 5.65 Å². The lowest BCUT2D eigenvalue weighted by Gasteiger charge is -2.27. The highest BCUT2D eigenvalue weighted by molar-refractivity contribution is 6.35. The number of aromatic nitrogens is 4. The van der Waals surface area contributed by atoms with Gasteiger partial charge in [-0.3, -0.25) is 14.2 Å². The van der Waals surface area contributed by atoms with Gasteiger partial charge in [0.15, 0.2) is 11.4 Å². The Morgan fingerprint density at radius 1 is 1.14 bits per heavy atom. The van der Waals surface area contributed by atoms with Gasteiger partial charge in [0.1, 0.15) is 12.4 Å². The number of amides is 1. The van der Waals surface area contributed by atoms with Crippen LogP contribution in [0.25, 0.3) is 22.1 Å². The number of carbonyl (C=O) groups is 1. The van der Waals surface area contributed by atoms with Crippen LogP contribution in [-0.2, 0) is 0 Å². The number of hydrogen-bond donors (Lipinski definition) is 2. The number of nitrogens with zero attached hydrogens (tertiary/aromatic N) is 4. The first-order valence-electron chi connectivity index (χ1n) is 11.4. The van der Waals surface area contributed by atoms with E-state index in [2.05, 4.69) is 10.1 Å². The number of nitrogens with one attached hydrogen (secondary N) is 1. The molecule has 1 fully saturated rings. The molecule has 2 aromatic carbocycles. The number of fused-ring (bicyclic) bond motifs is 2. The van der Waals surface area contributed by atoms with Crippen molar-refractivity contribution in [2.24, 2.45) is 0 Å². The van der Waals surface area contributed by atoms with Crippen molar-refractivity contribution in [1.29, 1.82) is 0 Å². The number of benzene rings is 2. The maximum atomic E-state index is 13.8. The van der Waals surface area contributed by atoms with Gasteiger partial charge in [-0.25, -0.2) is 5.10 Å². The second-order valence-electron chi connectivity index (χ2n) is 8.62. The Morgan fingerprint density at radius 3 is 2.80 bits per heavy atom. The van der Waals surface area contributed by atoms with E-state index in [-0.39, 0.29) is 23.3 Å². The molecule has 0 saturated carbocycles. The molecule has 1 atom stereocenters. The Hall–Kier alpha value is -4.17. The van der Waals surface area contributed by atoms with E-state index in [1.165, 1.54) is 0 Å². The topological polar surface area (TPSA) is 101 Å². The third-order valence-electron chi connectivity index (χ3n) is 6.59. The summed E-state index contributed by atoms with van der Waals surface area (Å²) in [4.78, 5) is 33.8. The van der Waals surface area contributed by atoms with Crippen LogP contribution < -0.4 is 15.8 Å². The smallest absolute Gasteiger partial charge is 0.363 e. The number of hydrogen-bond acceptors (Lipinski definition) is 4. The Balaban J connectivity index is 1.55. The Labute approximate surface area is 205 Å². The minimum Gasteiger partial charge on any atom is -0.382 e. The minimum atomic E-state index is -0.322. The van der Waals surface area contributed by atoms with Crippen molar-refractivity contribution in [2.75, 3.05) is 12.3 Å². The van der Waals surface area contributed by atoms with Crippen LogP contribution in [-0.4, -0.2) is 32.0 Å². The molecule has 1 unspecified atom stereocenters. The summed E-state index contributed by atoms with van der Waals surface area (Å²) < 4.78 is 3.31. The van der Waals surface area contributed by atoms with E-state index in [4.69, 9.17) is 17.3 Å². The number of pyridine rings is 1.